The first-order valence-corrected chi connectivity index (χ1v) is 14.0. The van der Waals surface area contributed by atoms with Crippen LogP contribution in [0.2, 0.25) is 0 Å². The molecular weight excluding hydrogens is 536 g/mol. The molecule has 3 aromatic heterocycles. The van der Waals surface area contributed by atoms with Crippen LogP contribution in [0.3, 0.4) is 0 Å². The minimum Gasteiger partial charge on any atom is -0.390 e. The molecule has 0 fully saturated rings. The van der Waals surface area contributed by atoms with Crippen molar-refractivity contribution in [3.63, 3.8) is 0 Å². The number of carbonyl (C=O) groups excluding carboxylic acids is 2. The van der Waals surface area contributed by atoms with Crippen LogP contribution in [-0.4, -0.2) is 52.2 Å². The molecule has 0 aliphatic heterocycles. The van der Waals surface area contributed by atoms with Gasteiger partial charge in [-0.2, -0.15) is 0 Å². The van der Waals surface area contributed by atoms with Crippen molar-refractivity contribution in [3.8, 4) is 11.1 Å². The maximum Gasteiger partial charge on any atom is 0.263 e. The van der Waals surface area contributed by atoms with E-state index in [4.69, 9.17) is 5.73 Å². The third kappa shape index (κ3) is 5.97. The van der Waals surface area contributed by atoms with Crippen molar-refractivity contribution in [1.82, 2.24) is 19.1 Å². The number of pyridine rings is 1. The Labute approximate surface area is 243 Å². The van der Waals surface area contributed by atoms with Gasteiger partial charge in [-0.1, -0.05) is 12.1 Å². The molecular formula is C31H36N6O5. The number of amides is 1. The van der Waals surface area contributed by atoms with Crippen LogP contribution in [-0.2, 0) is 19.5 Å². The van der Waals surface area contributed by atoms with Crippen molar-refractivity contribution in [2.24, 2.45) is 0 Å². The number of hydrogen-bond donors (Lipinski definition) is 4. The van der Waals surface area contributed by atoms with E-state index in [1.54, 1.807) is 39.8 Å². The second-order valence-electron chi connectivity index (χ2n) is 12.2. The van der Waals surface area contributed by atoms with Crippen molar-refractivity contribution >= 4 is 34.2 Å². The normalized spacial score (nSPS) is 13.8. The molecule has 0 radical (unpaired) electrons. The molecule has 11 heteroatoms. The predicted octanol–water partition coefficient (Wildman–Crippen LogP) is 3.55. The number of hydrogen-bond acceptors (Lipinski definition) is 8. The van der Waals surface area contributed by atoms with Crippen LogP contribution >= 0.6 is 0 Å². The number of aromatic nitrogens is 4. The van der Waals surface area contributed by atoms with Crippen LogP contribution in [0.1, 0.15) is 73.4 Å². The van der Waals surface area contributed by atoms with Gasteiger partial charge in [0.25, 0.3) is 11.5 Å². The summed E-state index contributed by atoms with van der Waals surface area (Å²) in [6, 6.07) is 8.45. The largest absolute Gasteiger partial charge is 0.390 e. The molecule has 1 aliphatic rings. The maximum absolute atomic E-state index is 13.5. The Bertz CT molecular complexity index is 1740. The average molecular weight is 573 g/mol. The minimum atomic E-state index is -1.01. The van der Waals surface area contributed by atoms with Gasteiger partial charge in [0.05, 0.1) is 23.1 Å². The number of nitrogen functional groups attached to an aromatic ring is 1. The molecule has 3 heterocycles. The Morgan fingerprint density at radius 2 is 1.74 bits per heavy atom. The highest BCUT2D eigenvalue weighted by atomic mass is 16.3. The van der Waals surface area contributed by atoms with Gasteiger partial charge in [-0.05, 0) is 70.7 Å². The van der Waals surface area contributed by atoms with Crippen LogP contribution in [0.4, 0.5) is 11.5 Å². The molecule has 1 aliphatic carbocycles. The molecule has 5 rings (SSSR count). The number of fused-ring (bicyclic) bond motifs is 2. The van der Waals surface area contributed by atoms with Gasteiger partial charge in [0, 0.05) is 41.7 Å². The lowest BCUT2D eigenvalue weighted by Gasteiger charge is -2.24. The second kappa shape index (κ2) is 10.8. The zero-order chi connectivity index (χ0) is 30.4. The van der Waals surface area contributed by atoms with Crippen LogP contribution < -0.4 is 16.6 Å². The van der Waals surface area contributed by atoms with E-state index in [1.165, 1.54) is 17.0 Å². The summed E-state index contributed by atoms with van der Waals surface area (Å²) in [5.41, 5.74) is 7.23. The highest BCUT2D eigenvalue weighted by Gasteiger charge is 2.27. The molecule has 11 nitrogen and oxygen atoms in total. The number of Topliss-reactive ketones (excluding diaryl/α,β-unsaturated/α-hetero) is 1. The zero-order valence-electron chi connectivity index (χ0n) is 24.3. The van der Waals surface area contributed by atoms with Gasteiger partial charge >= 0.3 is 0 Å². The van der Waals surface area contributed by atoms with E-state index in [0.717, 1.165) is 11.1 Å². The zero-order valence-corrected chi connectivity index (χ0v) is 24.3. The summed E-state index contributed by atoms with van der Waals surface area (Å²) in [5.74, 6) is -0.409. The SMILES string of the molecule is CC(C)(O)CCn1c2c(cc(C(=O)Nc3ccc(-c4cn(CC(C)(C)O)c5ncnc(N)c45)cc3)c1=O)C(=O)CCC2. The van der Waals surface area contributed by atoms with E-state index in [9.17, 15) is 24.6 Å². The molecule has 1 amide bonds. The summed E-state index contributed by atoms with van der Waals surface area (Å²) in [6.45, 7) is 7.22. The number of nitrogens with one attached hydrogen (secondary N) is 1. The van der Waals surface area contributed by atoms with E-state index in [0.29, 0.717) is 66.0 Å². The molecule has 0 atom stereocenters. The van der Waals surface area contributed by atoms with Crippen LogP contribution in [0.25, 0.3) is 22.2 Å². The fourth-order valence-electron chi connectivity index (χ4n) is 5.38. The van der Waals surface area contributed by atoms with Crippen molar-refractivity contribution in [3.05, 3.63) is 70.0 Å². The Morgan fingerprint density at radius 1 is 1.02 bits per heavy atom. The first kappa shape index (κ1) is 29.2. The maximum atomic E-state index is 13.5. The number of rotatable bonds is 8. The topological polar surface area (TPSA) is 165 Å². The Morgan fingerprint density at radius 3 is 2.40 bits per heavy atom. The fraction of sp³-hybridized carbons (Fsp3) is 0.387. The smallest absolute Gasteiger partial charge is 0.263 e. The van der Waals surface area contributed by atoms with E-state index in [2.05, 4.69) is 15.3 Å². The summed E-state index contributed by atoms with van der Waals surface area (Å²) in [4.78, 5) is 48.0. The van der Waals surface area contributed by atoms with Crippen molar-refractivity contribution < 1.29 is 19.8 Å². The molecule has 0 spiro atoms. The second-order valence-corrected chi connectivity index (χ2v) is 12.2. The summed E-state index contributed by atoms with van der Waals surface area (Å²) >= 11 is 0. The first-order chi connectivity index (χ1) is 19.7. The first-order valence-electron chi connectivity index (χ1n) is 14.0. The molecule has 0 saturated heterocycles. The van der Waals surface area contributed by atoms with Gasteiger partial charge in [0.1, 0.15) is 23.4 Å². The molecule has 5 N–H and O–H groups in total. The summed E-state index contributed by atoms with van der Waals surface area (Å²) in [6.07, 6.45) is 5.10. The van der Waals surface area contributed by atoms with Gasteiger partial charge in [-0.15, -0.1) is 0 Å². The number of anilines is 2. The van der Waals surface area contributed by atoms with E-state index in [-0.39, 0.29) is 17.9 Å². The van der Waals surface area contributed by atoms with Crippen molar-refractivity contribution in [2.75, 3.05) is 11.1 Å². The van der Waals surface area contributed by atoms with E-state index >= 15 is 0 Å². The Balaban J connectivity index is 1.45. The lowest BCUT2D eigenvalue weighted by Crippen LogP contribution is -2.36. The number of nitrogens with zero attached hydrogens (tertiary/aromatic N) is 4. The highest BCUT2D eigenvalue weighted by Crippen LogP contribution is 2.34. The Kier molecular flexibility index (Phi) is 7.50. The quantitative estimate of drug-likeness (QED) is 0.249. The van der Waals surface area contributed by atoms with Gasteiger partial charge < -0.3 is 30.4 Å². The monoisotopic (exact) mass is 572 g/mol. The van der Waals surface area contributed by atoms with Gasteiger partial charge in [-0.3, -0.25) is 14.4 Å². The summed E-state index contributed by atoms with van der Waals surface area (Å²) in [7, 11) is 0. The third-order valence-corrected chi connectivity index (χ3v) is 7.40. The number of aliphatic hydroxyl groups is 2. The van der Waals surface area contributed by atoms with Crippen LogP contribution in [0.15, 0.2) is 47.7 Å². The molecule has 42 heavy (non-hydrogen) atoms. The fourth-order valence-corrected chi connectivity index (χ4v) is 5.38. The van der Waals surface area contributed by atoms with Crippen LogP contribution in [0, 0.1) is 0 Å². The van der Waals surface area contributed by atoms with E-state index < -0.39 is 22.7 Å². The van der Waals surface area contributed by atoms with Crippen LogP contribution in [0.5, 0.6) is 0 Å². The summed E-state index contributed by atoms with van der Waals surface area (Å²) in [5, 5.41) is 24.1. The van der Waals surface area contributed by atoms with Crippen molar-refractivity contribution in [1.29, 1.82) is 0 Å². The van der Waals surface area contributed by atoms with Gasteiger partial charge in [0.15, 0.2) is 5.78 Å². The summed E-state index contributed by atoms with van der Waals surface area (Å²) < 4.78 is 3.30. The number of benzene rings is 1. The number of ketones is 1. The molecule has 1 aromatic carbocycles. The predicted molar refractivity (Wildman–Crippen MR) is 161 cm³/mol. The average Bonchev–Trinajstić information content (AvgIpc) is 3.26. The van der Waals surface area contributed by atoms with E-state index in [1.807, 2.05) is 22.9 Å². The molecule has 0 unspecified atom stereocenters. The molecule has 0 saturated carbocycles. The van der Waals surface area contributed by atoms with Gasteiger partial charge in [-0.25, -0.2) is 9.97 Å². The molecule has 220 valence electrons. The van der Waals surface area contributed by atoms with Crippen molar-refractivity contribution in [2.45, 2.75) is 77.7 Å². The highest BCUT2D eigenvalue weighted by molar-refractivity contribution is 6.07. The van der Waals surface area contributed by atoms with Gasteiger partial charge in [0.2, 0.25) is 0 Å². The number of carbonyl (C=O) groups is 2. The third-order valence-electron chi connectivity index (χ3n) is 7.40. The number of nitrogens with two attached hydrogens (primary N) is 1. The molecule has 0 bridgehead atoms. The Hall–Kier alpha value is -4.35. The lowest BCUT2D eigenvalue weighted by atomic mass is 9.92. The standard InChI is InChI=1S/C31H36N6O5/c1-30(2,41)12-13-37-23-6-5-7-24(38)20(23)14-21(29(37)40)28(39)35-19-10-8-18(9-11-19)22-15-36(16-31(3,4)42)27-25(22)26(32)33-17-34-27/h8-11,14-15,17,41-42H,5-7,12-13,16H2,1-4H3,(H,35,39)(H2,32,33,34). The molecule has 4 aromatic rings. The lowest BCUT2D eigenvalue weighted by molar-refractivity contribution is 0.0625. The minimum absolute atomic E-state index is 0.0985.